The number of ether oxygens (including phenoxy) is 2. The van der Waals surface area contributed by atoms with Crippen LogP contribution in [0.4, 0.5) is 14.5 Å². The normalized spacial score (nSPS) is 12.0. The van der Waals surface area contributed by atoms with E-state index in [0.29, 0.717) is 5.56 Å². The zero-order valence-electron chi connectivity index (χ0n) is 11.8. The molecule has 0 aromatic heterocycles. The van der Waals surface area contributed by atoms with E-state index in [4.69, 9.17) is 4.74 Å². The van der Waals surface area contributed by atoms with Crippen molar-refractivity contribution in [3.63, 3.8) is 0 Å². The Bertz CT molecular complexity index is 590. The first-order chi connectivity index (χ1) is 10.1. The molecule has 0 spiro atoms. The van der Waals surface area contributed by atoms with Gasteiger partial charge in [0.05, 0.1) is 13.2 Å². The van der Waals surface area contributed by atoms with Crippen LogP contribution in [0.5, 0.6) is 11.5 Å². The first-order valence-corrected chi connectivity index (χ1v) is 6.54. The third-order valence-electron chi connectivity index (χ3n) is 3.05. The second-order valence-corrected chi connectivity index (χ2v) is 4.51. The minimum atomic E-state index is -2.84. The van der Waals surface area contributed by atoms with E-state index in [9.17, 15) is 8.78 Å². The number of hydrogen-bond acceptors (Lipinski definition) is 3. The summed E-state index contributed by atoms with van der Waals surface area (Å²) < 4.78 is 34.6. The molecule has 0 aliphatic carbocycles. The molecular weight excluding hydrogens is 276 g/mol. The average molecular weight is 293 g/mol. The summed E-state index contributed by atoms with van der Waals surface area (Å²) in [5.74, 6) is 0.903. The van der Waals surface area contributed by atoms with Crippen molar-refractivity contribution in [2.75, 3.05) is 12.4 Å². The molecule has 0 saturated carbocycles. The minimum absolute atomic E-state index is 0.176. The highest BCUT2D eigenvalue weighted by molar-refractivity contribution is 5.51. The summed E-state index contributed by atoms with van der Waals surface area (Å²) in [6.07, 6.45) is 0. The first-order valence-electron chi connectivity index (χ1n) is 6.54. The van der Waals surface area contributed by atoms with Crippen molar-refractivity contribution in [1.82, 2.24) is 0 Å². The highest BCUT2D eigenvalue weighted by atomic mass is 19.3. The van der Waals surface area contributed by atoms with Crippen molar-refractivity contribution < 1.29 is 18.3 Å². The Morgan fingerprint density at radius 2 is 1.81 bits per heavy atom. The molecule has 0 saturated heterocycles. The SMILES string of the molecule is COc1cccc(NC(C)c2ccccc2OC(F)F)c1. The zero-order valence-corrected chi connectivity index (χ0v) is 11.8. The molecule has 0 bridgehead atoms. The summed E-state index contributed by atoms with van der Waals surface area (Å²) in [4.78, 5) is 0. The topological polar surface area (TPSA) is 30.5 Å². The molecule has 112 valence electrons. The highest BCUT2D eigenvalue weighted by Gasteiger charge is 2.14. The number of anilines is 1. The third-order valence-corrected chi connectivity index (χ3v) is 3.05. The zero-order chi connectivity index (χ0) is 15.2. The second-order valence-electron chi connectivity index (χ2n) is 4.51. The van der Waals surface area contributed by atoms with Crippen molar-refractivity contribution in [1.29, 1.82) is 0 Å². The fourth-order valence-electron chi connectivity index (χ4n) is 2.08. The minimum Gasteiger partial charge on any atom is -0.497 e. The van der Waals surface area contributed by atoms with E-state index >= 15 is 0 Å². The summed E-state index contributed by atoms with van der Waals surface area (Å²) in [6.45, 7) is -0.956. The van der Waals surface area contributed by atoms with Crippen molar-refractivity contribution >= 4 is 5.69 Å². The fourth-order valence-corrected chi connectivity index (χ4v) is 2.08. The quantitative estimate of drug-likeness (QED) is 0.852. The fraction of sp³-hybridized carbons (Fsp3) is 0.250. The molecule has 5 heteroatoms. The van der Waals surface area contributed by atoms with Gasteiger partial charge in [-0.15, -0.1) is 0 Å². The van der Waals surface area contributed by atoms with Gasteiger partial charge in [0.2, 0.25) is 0 Å². The van der Waals surface area contributed by atoms with E-state index in [1.807, 2.05) is 31.2 Å². The Balaban J connectivity index is 2.17. The molecule has 0 heterocycles. The van der Waals surface area contributed by atoms with Crippen LogP contribution in [0.15, 0.2) is 48.5 Å². The lowest BCUT2D eigenvalue weighted by atomic mass is 10.1. The molecule has 0 radical (unpaired) electrons. The molecule has 3 nitrogen and oxygen atoms in total. The number of nitrogens with one attached hydrogen (secondary N) is 1. The molecule has 0 aliphatic rings. The molecule has 2 rings (SSSR count). The Hall–Kier alpha value is -2.30. The number of hydrogen-bond donors (Lipinski definition) is 1. The van der Waals surface area contributed by atoms with Gasteiger partial charge >= 0.3 is 6.61 Å². The van der Waals surface area contributed by atoms with Gasteiger partial charge in [-0.2, -0.15) is 8.78 Å². The van der Waals surface area contributed by atoms with Gasteiger partial charge in [0.15, 0.2) is 0 Å². The van der Waals surface area contributed by atoms with Crippen LogP contribution < -0.4 is 14.8 Å². The summed E-state index contributed by atoms with van der Waals surface area (Å²) in [5, 5.41) is 3.24. The van der Waals surface area contributed by atoms with Crippen LogP contribution >= 0.6 is 0 Å². The summed E-state index contributed by atoms with van der Waals surface area (Å²) in [5.41, 5.74) is 1.51. The van der Waals surface area contributed by atoms with E-state index in [-0.39, 0.29) is 11.8 Å². The van der Waals surface area contributed by atoms with E-state index in [1.165, 1.54) is 6.07 Å². The van der Waals surface area contributed by atoms with Crippen molar-refractivity contribution in [2.45, 2.75) is 19.6 Å². The maximum atomic E-state index is 12.4. The number of methoxy groups -OCH3 is 1. The second kappa shape index (κ2) is 6.92. The lowest BCUT2D eigenvalue weighted by Gasteiger charge is -2.19. The first kappa shape index (κ1) is 15.1. The predicted octanol–water partition coefficient (Wildman–Crippen LogP) is 4.47. The molecular formula is C16H17F2NO2. The molecule has 2 aromatic rings. The van der Waals surface area contributed by atoms with Crippen LogP contribution in [0, 0.1) is 0 Å². The number of halogens is 2. The van der Waals surface area contributed by atoms with E-state index in [2.05, 4.69) is 10.1 Å². The van der Waals surface area contributed by atoms with E-state index < -0.39 is 6.61 Å². The van der Waals surface area contributed by atoms with Gasteiger partial charge in [-0.3, -0.25) is 0 Å². The van der Waals surface area contributed by atoms with Crippen LogP contribution in [0.3, 0.4) is 0 Å². The van der Waals surface area contributed by atoms with Gasteiger partial charge in [0.25, 0.3) is 0 Å². The van der Waals surface area contributed by atoms with Gasteiger partial charge in [-0.05, 0) is 25.1 Å². The summed E-state index contributed by atoms with van der Waals surface area (Å²) >= 11 is 0. The monoisotopic (exact) mass is 293 g/mol. The van der Waals surface area contributed by atoms with Gasteiger partial charge in [0, 0.05) is 17.3 Å². The molecule has 21 heavy (non-hydrogen) atoms. The van der Waals surface area contributed by atoms with Crippen molar-refractivity contribution in [3.8, 4) is 11.5 Å². The van der Waals surface area contributed by atoms with Crippen LogP contribution in [0.1, 0.15) is 18.5 Å². The Kier molecular flexibility index (Phi) is 4.98. The van der Waals surface area contributed by atoms with Crippen LogP contribution in [-0.4, -0.2) is 13.7 Å². The molecule has 0 fully saturated rings. The standard InChI is InChI=1S/C16H17F2NO2/c1-11(19-12-6-5-7-13(10-12)20-2)14-8-3-4-9-15(14)21-16(17)18/h3-11,16,19H,1-2H3. The lowest BCUT2D eigenvalue weighted by Crippen LogP contribution is -2.11. The molecule has 0 amide bonds. The highest BCUT2D eigenvalue weighted by Crippen LogP contribution is 2.29. The van der Waals surface area contributed by atoms with E-state index in [0.717, 1.165) is 11.4 Å². The van der Waals surface area contributed by atoms with Crippen molar-refractivity contribution in [2.24, 2.45) is 0 Å². The predicted molar refractivity (Wildman–Crippen MR) is 78.1 cm³/mol. The van der Waals surface area contributed by atoms with Crippen LogP contribution in [0.25, 0.3) is 0 Å². The van der Waals surface area contributed by atoms with Gasteiger partial charge in [-0.25, -0.2) is 0 Å². The Morgan fingerprint density at radius 3 is 2.52 bits per heavy atom. The van der Waals surface area contributed by atoms with E-state index in [1.54, 1.807) is 25.3 Å². The molecule has 1 unspecified atom stereocenters. The average Bonchev–Trinajstić information content (AvgIpc) is 2.47. The largest absolute Gasteiger partial charge is 0.497 e. The van der Waals surface area contributed by atoms with Gasteiger partial charge in [-0.1, -0.05) is 24.3 Å². The lowest BCUT2D eigenvalue weighted by molar-refractivity contribution is -0.0505. The third kappa shape index (κ3) is 4.08. The molecule has 2 aromatic carbocycles. The summed E-state index contributed by atoms with van der Waals surface area (Å²) in [6, 6.07) is 14.0. The number of benzene rings is 2. The summed E-state index contributed by atoms with van der Waals surface area (Å²) in [7, 11) is 1.59. The number of alkyl halides is 2. The van der Waals surface area contributed by atoms with Crippen LogP contribution in [-0.2, 0) is 0 Å². The Morgan fingerprint density at radius 1 is 1.05 bits per heavy atom. The number of rotatable bonds is 6. The van der Waals surface area contributed by atoms with Crippen LogP contribution in [0.2, 0.25) is 0 Å². The maximum Gasteiger partial charge on any atom is 0.387 e. The molecule has 0 aliphatic heterocycles. The Labute approximate surface area is 122 Å². The van der Waals surface area contributed by atoms with Gasteiger partial charge in [0.1, 0.15) is 11.5 Å². The van der Waals surface area contributed by atoms with Crippen molar-refractivity contribution in [3.05, 3.63) is 54.1 Å². The van der Waals surface area contributed by atoms with Gasteiger partial charge < -0.3 is 14.8 Å². The smallest absolute Gasteiger partial charge is 0.387 e. The maximum absolute atomic E-state index is 12.4. The molecule has 1 atom stereocenters. The molecule has 1 N–H and O–H groups in total. The number of para-hydroxylation sites is 1.